The maximum absolute atomic E-state index is 12.6. The van der Waals surface area contributed by atoms with Crippen LogP contribution in [0.15, 0.2) is 48.2 Å². The van der Waals surface area contributed by atoms with Crippen molar-refractivity contribution in [3.05, 3.63) is 70.4 Å². The van der Waals surface area contributed by atoms with Crippen molar-refractivity contribution in [1.82, 2.24) is 0 Å². The molecule has 4 nitrogen and oxygen atoms in total. The number of nitrogens with one attached hydrogen (secondary N) is 2. The highest BCUT2D eigenvalue weighted by Crippen LogP contribution is 2.29. The highest BCUT2D eigenvalue weighted by Gasteiger charge is 2.29. The number of nitriles is 1. The van der Waals surface area contributed by atoms with E-state index in [0.29, 0.717) is 11.4 Å². The molecule has 0 heterocycles. The van der Waals surface area contributed by atoms with E-state index in [1.165, 1.54) is 12.1 Å². The third kappa shape index (κ3) is 5.11. The molecule has 27 heavy (non-hydrogen) atoms. The Balaban J connectivity index is 2.14. The zero-order chi connectivity index (χ0) is 20.2. The van der Waals surface area contributed by atoms with Crippen molar-refractivity contribution >= 4 is 17.3 Å². The fourth-order valence-corrected chi connectivity index (χ4v) is 2.62. The minimum Gasteiger partial charge on any atom is -0.360 e. The molecule has 0 unspecified atom stereocenters. The van der Waals surface area contributed by atoms with Crippen molar-refractivity contribution in [2.45, 2.75) is 26.9 Å². The van der Waals surface area contributed by atoms with Crippen LogP contribution in [0.4, 0.5) is 24.5 Å². The summed E-state index contributed by atoms with van der Waals surface area (Å²) in [7, 11) is 0. The molecule has 7 heteroatoms. The number of anilines is 2. The van der Waals surface area contributed by atoms with Gasteiger partial charge in [0.15, 0.2) is 0 Å². The topological polar surface area (TPSA) is 64.9 Å². The van der Waals surface area contributed by atoms with Gasteiger partial charge in [0.25, 0.3) is 5.91 Å². The highest BCUT2D eigenvalue weighted by atomic mass is 19.4. The normalized spacial score (nSPS) is 11.7. The van der Waals surface area contributed by atoms with Gasteiger partial charge in [-0.1, -0.05) is 17.7 Å². The number of hydrogen-bond acceptors (Lipinski definition) is 3. The molecule has 0 radical (unpaired) electrons. The highest BCUT2D eigenvalue weighted by molar-refractivity contribution is 6.07. The predicted octanol–water partition coefficient (Wildman–Crippen LogP) is 5.09. The number of carbonyl (C=O) groups excluding carboxylic acids is 1. The molecule has 0 saturated carbocycles. The van der Waals surface area contributed by atoms with Crippen LogP contribution in [0, 0.1) is 32.1 Å². The van der Waals surface area contributed by atoms with Crippen molar-refractivity contribution in [2.24, 2.45) is 0 Å². The second kappa shape index (κ2) is 7.96. The number of carbonyl (C=O) groups is 1. The third-order valence-electron chi connectivity index (χ3n) is 3.88. The van der Waals surface area contributed by atoms with Crippen LogP contribution in [0.3, 0.4) is 0 Å². The number of nitrogens with zero attached hydrogens (tertiary/aromatic N) is 1. The van der Waals surface area contributed by atoms with Gasteiger partial charge in [-0.05, 0) is 56.2 Å². The van der Waals surface area contributed by atoms with Gasteiger partial charge in [-0.25, -0.2) is 0 Å². The van der Waals surface area contributed by atoms with Gasteiger partial charge in [-0.2, -0.15) is 18.4 Å². The van der Waals surface area contributed by atoms with Crippen LogP contribution < -0.4 is 10.6 Å². The van der Waals surface area contributed by atoms with Crippen LogP contribution in [-0.4, -0.2) is 5.91 Å². The second-order valence-corrected chi connectivity index (χ2v) is 6.12. The summed E-state index contributed by atoms with van der Waals surface area (Å²) < 4.78 is 37.7. The van der Waals surface area contributed by atoms with E-state index >= 15 is 0 Å². The molecule has 0 fully saturated rings. The Morgan fingerprint density at radius 3 is 2.11 bits per heavy atom. The number of aryl methyl sites for hydroxylation is 3. The molecule has 2 aromatic carbocycles. The number of halogens is 3. The summed E-state index contributed by atoms with van der Waals surface area (Å²) >= 11 is 0. The second-order valence-electron chi connectivity index (χ2n) is 6.12. The fraction of sp³-hybridized carbons (Fsp3) is 0.200. The Hall–Kier alpha value is -3.27. The van der Waals surface area contributed by atoms with Gasteiger partial charge in [-0.15, -0.1) is 0 Å². The number of hydrogen-bond donors (Lipinski definition) is 2. The van der Waals surface area contributed by atoms with Crippen molar-refractivity contribution in [2.75, 3.05) is 10.6 Å². The molecule has 0 aliphatic rings. The Bertz CT molecular complexity index is 900. The van der Waals surface area contributed by atoms with E-state index in [0.717, 1.165) is 35.0 Å². The first-order valence-corrected chi connectivity index (χ1v) is 8.05. The van der Waals surface area contributed by atoms with Crippen LogP contribution in [0.1, 0.15) is 22.3 Å². The number of alkyl halides is 3. The molecule has 2 rings (SSSR count). The SMILES string of the molecule is Cc1cc(C)c(NC(=O)/C(C#N)=C\Nc2ccc(C(F)(F)F)cc2)c(C)c1. The summed E-state index contributed by atoms with van der Waals surface area (Å²) in [6.45, 7) is 5.65. The first kappa shape index (κ1) is 20.0. The monoisotopic (exact) mass is 373 g/mol. The van der Waals surface area contributed by atoms with Crippen LogP contribution in [0.2, 0.25) is 0 Å². The third-order valence-corrected chi connectivity index (χ3v) is 3.88. The summed E-state index contributed by atoms with van der Waals surface area (Å²) in [4.78, 5) is 12.3. The fourth-order valence-electron chi connectivity index (χ4n) is 2.62. The van der Waals surface area contributed by atoms with E-state index in [-0.39, 0.29) is 5.57 Å². The van der Waals surface area contributed by atoms with E-state index in [2.05, 4.69) is 10.6 Å². The van der Waals surface area contributed by atoms with E-state index < -0.39 is 17.6 Å². The summed E-state index contributed by atoms with van der Waals surface area (Å²) in [5.41, 5.74) is 2.77. The van der Waals surface area contributed by atoms with Gasteiger partial charge in [0.1, 0.15) is 11.6 Å². The molecule has 0 saturated heterocycles. The largest absolute Gasteiger partial charge is 0.416 e. The minimum absolute atomic E-state index is 0.200. The molecule has 0 spiro atoms. The van der Waals surface area contributed by atoms with E-state index in [4.69, 9.17) is 0 Å². The smallest absolute Gasteiger partial charge is 0.360 e. The average molecular weight is 373 g/mol. The van der Waals surface area contributed by atoms with Crippen LogP contribution >= 0.6 is 0 Å². The van der Waals surface area contributed by atoms with Crippen LogP contribution in [0.25, 0.3) is 0 Å². The summed E-state index contributed by atoms with van der Waals surface area (Å²) in [5, 5.41) is 14.6. The minimum atomic E-state index is -4.42. The number of rotatable bonds is 4. The van der Waals surface area contributed by atoms with E-state index in [1.54, 1.807) is 6.07 Å². The standard InChI is InChI=1S/C20H18F3N3O/c1-12-8-13(2)18(14(3)9-12)26-19(27)15(10-24)11-25-17-6-4-16(5-7-17)20(21,22)23/h4-9,11,25H,1-3H3,(H,26,27)/b15-11-. The van der Waals surface area contributed by atoms with Crippen LogP contribution in [0.5, 0.6) is 0 Å². The zero-order valence-electron chi connectivity index (χ0n) is 15.0. The molecule has 0 aliphatic carbocycles. The van der Waals surface area contributed by atoms with Crippen molar-refractivity contribution < 1.29 is 18.0 Å². The van der Waals surface area contributed by atoms with Crippen molar-refractivity contribution in [3.8, 4) is 6.07 Å². The lowest BCUT2D eigenvalue weighted by Crippen LogP contribution is -2.16. The van der Waals surface area contributed by atoms with Gasteiger partial charge < -0.3 is 10.6 Å². The van der Waals surface area contributed by atoms with Crippen molar-refractivity contribution in [3.63, 3.8) is 0 Å². The molecular weight excluding hydrogens is 355 g/mol. The predicted molar refractivity (Wildman–Crippen MR) is 98.0 cm³/mol. The van der Waals surface area contributed by atoms with Gasteiger partial charge in [-0.3, -0.25) is 4.79 Å². The molecule has 1 amide bonds. The average Bonchev–Trinajstić information content (AvgIpc) is 2.58. The quantitative estimate of drug-likeness (QED) is 0.580. The zero-order valence-corrected chi connectivity index (χ0v) is 15.0. The molecule has 0 atom stereocenters. The Morgan fingerprint density at radius 2 is 1.63 bits per heavy atom. The van der Waals surface area contributed by atoms with Gasteiger partial charge in [0.05, 0.1) is 5.56 Å². The summed E-state index contributed by atoms with van der Waals surface area (Å²) in [6.07, 6.45) is -3.26. The number of benzene rings is 2. The van der Waals surface area contributed by atoms with E-state index in [9.17, 15) is 23.2 Å². The summed E-state index contributed by atoms with van der Waals surface area (Å²) in [6, 6.07) is 9.90. The van der Waals surface area contributed by atoms with Crippen molar-refractivity contribution in [1.29, 1.82) is 5.26 Å². The van der Waals surface area contributed by atoms with Gasteiger partial charge in [0, 0.05) is 17.6 Å². The Labute approximate surface area is 155 Å². The molecule has 0 aromatic heterocycles. The molecule has 2 N–H and O–H groups in total. The molecule has 0 aliphatic heterocycles. The van der Waals surface area contributed by atoms with Gasteiger partial charge >= 0.3 is 6.18 Å². The lowest BCUT2D eigenvalue weighted by Gasteiger charge is -2.12. The lowest BCUT2D eigenvalue weighted by atomic mass is 10.0. The lowest BCUT2D eigenvalue weighted by molar-refractivity contribution is -0.137. The van der Waals surface area contributed by atoms with E-state index in [1.807, 2.05) is 32.9 Å². The molecule has 2 aromatic rings. The van der Waals surface area contributed by atoms with Gasteiger partial charge in [0.2, 0.25) is 0 Å². The summed E-state index contributed by atoms with van der Waals surface area (Å²) in [5.74, 6) is -0.605. The first-order chi connectivity index (χ1) is 12.6. The Kier molecular flexibility index (Phi) is 5.91. The van der Waals surface area contributed by atoms with Crippen LogP contribution in [-0.2, 0) is 11.0 Å². The molecule has 140 valence electrons. The number of amides is 1. The Morgan fingerprint density at radius 1 is 1.07 bits per heavy atom. The first-order valence-electron chi connectivity index (χ1n) is 8.05. The maximum Gasteiger partial charge on any atom is 0.416 e. The molecular formula is C20H18F3N3O. The molecule has 0 bridgehead atoms. The maximum atomic E-state index is 12.6.